The first kappa shape index (κ1) is 24.0. The van der Waals surface area contributed by atoms with Crippen molar-refractivity contribution in [2.75, 3.05) is 10.6 Å². The van der Waals surface area contributed by atoms with Gasteiger partial charge < -0.3 is 15.7 Å². The van der Waals surface area contributed by atoms with Crippen LogP contribution in [0.25, 0.3) is 11.6 Å². The molecule has 0 aliphatic heterocycles. The molecule has 33 heavy (non-hydrogen) atoms. The van der Waals surface area contributed by atoms with Crippen LogP contribution in [-0.4, -0.2) is 47.2 Å². The molecule has 2 atom stereocenters. The number of nitrogens with one attached hydrogen (secondary N) is 2. The van der Waals surface area contributed by atoms with Crippen LogP contribution in [0.1, 0.15) is 25.2 Å². The normalized spacial score (nSPS) is 14.0. The molecule has 15 heteroatoms. The van der Waals surface area contributed by atoms with Crippen molar-refractivity contribution in [3.8, 4) is 11.6 Å². The molecule has 3 aromatic rings. The number of pyridine rings is 1. The molecule has 0 aliphatic carbocycles. The summed E-state index contributed by atoms with van der Waals surface area (Å²) < 4.78 is 77.9. The minimum absolute atomic E-state index is 0.0889. The standard InChI is InChI=1S/C18H16F6N8O/c1-8(9(2)33)27-15-30-14(13-26-6-4-11(29-13)17(19,20)21)31-16(32-15)28-10-3-5-25-12(7-10)18(22,23)24/h3-9,33H,1-2H3,(H2,25,27,28,30,31,32). The highest BCUT2D eigenvalue weighted by molar-refractivity contribution is 5.57. The zero-order valence-corrected chi connectivity index (χ0v) is 16.9. The maximum atomic E-state index is 13.0. The quantitative estimate of drug-likeness (QED) is 0.459. The van der Waals surface area contributed by atoms with E-state index in [9.17, 15) is 31.4 Å². The first-order chi connectivity index (χ1) is 15.3. The van der Waals surface area contributed by atoms with E-state index < -0.39 is 41.7 Å². The van der Waals surface area contributed by atoms with Crippen LogP contribution in [0.3, 0.4) is 0 Å². The van der Waals surface area contributed by atoms with E-state index in [1.807, 2.05) is 0 Å². The van der Waals surface area contributed by atoms with Gasteiger partial charge in [0, 0.05) is 18.1 Å². The number of aliphatic hydroxyl groups excluding tert-OH is 1. The summed E-state index contributed by atoms with van der Waals surface area (Å²) in [6, 6.07) is 1.99. The average molecular weight is 474 g/mol. The Kier molecular flexibility index (Phi) is 6.62. The van der Waals surface area contributed by atoms with Crippen LogP contribution in [0, 0.1) is 0 Å². The number of rotatable bonds is 6. The van der Waals surface area contributed by atoms with E-state index in [0.717, 1.165) is 12.4 Å². The Labute approximate surface area is 182 Å². The highest BCUT2D eigenvalue weighted by atomic mass is 19.4. The van der Waals surface area contributed by atoms with Crippen molar-refractivity contribution < 1.29 is 31.4 Å². The van der Waals surface area contributed by atoms with Crippen LogP contribution in [0.15, 0.2) is 30.6 Å². The Bertz CT molecular complexity index is 1120. The van der Waals surface area contributed by atoms with Gasteiger partial charge in [-0.1, -0.05) is 0 Å². The third-order valence-electron chi connectivity index (χ3n) is 4.17. The lowest BCUT2D eigenvalue weighted by molar-refractivity contribution is -0.141. The van der Waals surface area contributed by atoms with Crippen LogP contribution >= 0.6 is 0 Å². The molecule has 0 bridgehead atoms. The fraction of sp³-hybridized carbons (Fsp3) is 0.333. The van der Waals surface area contributed by atoms with Crippen molar-refractivity contribution in [2.45, 2.75) is 38.3 Å². The predicted molar refractivity (Wildman–Crippen MR) is 103 cm³/mol. The molecule has 3 heterocycles. The first-order valence-corrected chi connectivity index (χ1v) is 9.24. The van der Waals surface area contributed by atoms with Crippen LogP contribution in [0.2, 0.25) is 0 Å². The maximum Gasteiger partial charge on any atom is 0.433 e. The lowest BCUT2D eigenvalue weighted by Gasteiger charge is -2.17. The number of alkyl halides is 6. The Balaban J connectivity index is 2.04. The molecule has 0 radical (unpaired) electrons. The van der Waals surface area contributed by atoms with E-state index in [2.05, 4.69) is 40.5 Å². The summed E-state index contributed by atoms with van der Waals surface area (Å²) in [6.07, 6.45) is -8.53. The smallest absolute Gasteiger partial charge is 0.391 e. The van der Waals surface area contributed by atoms with E-state index in [1.165, 1.54) is 13.0 Å². The molecular weight excluding hydrogens is 458 g/mol. The second-order valence-electron chi connectivity index (χ2n) is 6.80. The number of halogens is 6. The number of hydrogen-bond acceptors (Lipinski definition) is 9. The van der Waals surface area contributed by atoms with E-state index in [0.29, 0.717) is 12.1 Å². The molecule has 0 amide bonds. The Morgan fingerprint density at radius 3 is 2.06 bits per heavy atom. The number of nitrogens with zero attached hydrogens (tertiary/aromatic N) is 6. The molecule has 0 aromatic carbocycles. The van der Waals surface area contributed by atoms with Crippen molar-refractivity contribution in [1.29, 1.82) is 0 Å². The Morgan fingerprint density at radius 2 is 1.42 bits per heavy atom. The molecule has 0 aliphatic rings. The van der Waals surface area contributed by atoms with Gasteiger partial charge in [0.25, 0.3) is 0 Å². The molecule has 3 aromatic heterocycles. The molecule has 176 valence electrons. The first-order valence-electron chi connectivity index (χ1n) is 9.24. The molecule has 0 fully saturated rings. The minimum Gasteiger partial charge on any atom is -0.391 e. The van der Waals surface area contributed by atoms with Gasteiger partial charge in [-0.25, -0.2) is 9.97 Å². The summed E-state index contributed by atoms with van der Waals surface area (Å²) >= 11 is 0. The van der Waals surface area contributed by atoms with Crippen molar-refractivity contribution in [2.24, 2.45) is 0 Å². The third kappa shape index (κ3) is 6.21. The monoisotopic (exact) mass is 474 g/mol. The fourth-order valence-corrected chi connectivity index (χ4v) is 2.34. The zero-order chi connectivity index (χ0) is 24.4. The summed E-state index contributed by atoms with van der Waals surface area (Å²) in [5, 5.41) is 15.0. The van der Waals surface area contributed by atoms with Crippen LogP contribution in [0.4, 0.5) is 43.9 Å². The van der Waals surface area contributed by atoms with Crippen LogP contribution < -0.4 is 10.6 Å². The Morgan fingerprint density at radius 1 is 0.788 bits per heavy atom. The number of anilines is 3. The fourth-order valence-electron chi connectivity index (χ4n) is 2.34. The van der Waals surface area contributed by atoms with Gasteiger partial charge in [0.2, 0.25) is 17.7 Å². The van der Waals surface area contributed by atoms with Gasteiger partial charge >= 0.3 is 12.4 Å². The topological polar surface area (TPSA) is 122 Å². The molecule has 0 spiro atoms. The van der Waals surface area contributed by atoms with Crippen molar-refractivity contribution >= 4 is 17.6 Å². The van der Waals surface area contributed by atoms with E-state index in [1.54, 1.807) is 6.92 Å². The van der Waals surface area contributed by atoms with E-state index in [4.69, 9.17) is 0 Å². The van der Waals surface area contributed by atoms with E-state index in [-0.39, 0.29) is 23.4 Å². The maximum absolute atomic E-state index is 13.0. The van der Waals surface area contributed by atoms with Crippen molar-refractivity contribution in [3.63, 3.8) is 0 Å². The van der Waals surface area contributed by atoms with Gasteiger partial charge in [0.1, 0.15) is 11.4 Å². The van der Waals surface area contributed by atoms with Gasteiger partial charge in [-0.15, -0.1) is 0 Å². The highest BCUT2D eigenvalue weighted by Crippen LogP contribution is 2.30. The van der Waals surface area contributed by atoms with Crippen LogP contribution in [-0.2, 0) is 12.4 Å². The lowest BCUT2D eigenvalue weighted by Crippen LogP contribution is -2.29. The summed E-state index contributed by atoms with van der Waals surface area (Å²) in [5.74, 6) is -1.36. The molecule has 0 saturated heterocycles. The summed E-state index contributed by atoms with van der Waals surface area (Å²) in [4.78, 5) is 22.3. The highest BCUT2D eigenvalue weighted by Gasteiger charge is 2.34. The van der Waals surface area contributed by atoms with Gasteiger partial charge in [-0.2, -0.15) is 41.3 Å². The number of aliphatic hydroxyl groups is 1. The summed E-state index contributed by atoms with van der Waals surface area (Å²) in [7, 11) is 0. The molecule has 2 unspecified atom stereocenters. The Hall–Kier alpha value is -3.62. The molecule has 0 saturated carbocycles. The van der Waals surface area contributed by atoms with Gasteiger partial charge in [-0.05, 0) is 32.0 Å². The molecule has 9 nitrogen and oxygen atoms in total. The lowest BCUT2D eigenvalue weighted by atomic mass is 10.2. The average Bonchev–Trinajstić information content (AvgIpc) is 2.72. The molecular formula is C18H16F6N8O. The van der Waals surface area contributed by atoms with Crippen molar-refractivity contribution in [3.05, 3.63) is 42.0 Å². The summed E-state index contributed by atoms with van der Waals surface area (Å²) in [6.45, 7) is 3.06. The second-order valence-corrected chi connectivity index (χ2v) is 6.80. The largest absolute Gasteiger partial charge is 0.433 e. The van der Waals surface area contributed by atoms with Gasteiger partial charge in [0.05, 0.1) is 12.1 Å². The van der Waals surface area contributed by atoms with Gasteiger partial charge in [-0.3, -0.25) is 4.98 Å². The van der Waals surface area contributed by atoms with Crippen LogP contribution in [0.5, 0.6) is 0 Å². The SMILES string of the molecule is CC(O)C(C)Nc1nc(Nc2ccnc(C(F)(F)F)c2)nc(-c2nccc(C(F)(F)F)n2)n1. The number of aromatic nitrogens is 6. The minimum atomic E-state index is -4.75. The number of hydrogen-bond donors (Lipinski definition) is 3. The molecule has 3 rings (SSSR count). The third-order valence-corrected chi connectivity index (χ3v) is 4.17. The zero-order valence-electron chi connectivity index (χ0n) is 16.9. The van der Waals surface area contributed by atoms with Crippen molar-refractivity contribution in [1.82, 2.24) is 29.9 Å². The second kappa shape index (κ2) is 9.09. The molecule has 3 N–H and O–H groups in total. The predicted octanol–water partition coefficient (Wildman–Crippen LogP) is 3.69. The summed E-state index contributed by atoms with van der Waals surface area (Å²) in [5.41, 5.74) is -2.50. The van der Waals surface area contributed by atoms with E-state index >= 15 is 0 Å². The van der Waals surface area contributed by atoms with Gasteiger partial charge in [0.15, 0.2) is 5.82 Å².